The van der Waals surface area contributed by atoms with Crippen LogP contribution in [0.3, 0.4) is 0 Å². The van der Waals surface area contributed by atoms with E-state index in [1.54, 1.807) is 4.90 Å². The molecule has 3 N–H and O–H groups in total. The van der Waals surface area contributed by atoms with Crippen molar-refractivity contribution in [3.8, 4) is 5.75 Å². The van der Waals surface area contributed by atoms with Gasteiger partial charge in [-0.2, -0.15) is 0 Å². The van der Waals surface area contributed by atoms with E-state index in [9.17, 15) is 14.7 Å². The first-order chi connectivity index (χ1) is 15.9. The van der Waals surface area contributed by atoms with Crippen LogP contribution in [0.25, 0.3) is 0 Å². The lowest BCUT2D eigenvalue weighted by Crippen LogP contribution is -2.55. The van der Waals surface area contributed by atoms with Crippen LogP contribution in [0.4, 0.5) is 10.6 Å². The smallest absolute Gasteiger partial charge is 0.410 e. The Morgan fingerprint density at radius 2 is 1.91 bits per heavy atom. The number of anilines is 1. The Balaban J connectivity index is 1.46. The summed E-state index contributed by atoms with van der Waals surface area (Å²) in [6.45, 7) is 8.83. The average Bonchev–Trinajstić information content (AvgIpc) is 3.18. The maximum absolute atomic E-state index is 12.4. The number of nitrogens with zero attached hydrogens (tertiary/aromatic N) is 3. The topological polar surface area (TPSA) is 116 Å². The Kier molecular flexibility index (Phi) is 7.06. The molecule has 188 valence electrons. The van der Waals surface area contributed by atoms with Gasteiger partial charge in [-0.05, 0) is 39.7 Å². The summed E-state index contributed by atoms with van der Waals surface area (Å²) < 4.78 is 11.4. The van der Waals surface area contributed by atoms with Crippen molar-refractivity contribution in [2.75, 3.05) is 51.7 Å². The number of amides is 1. The predicted molar refractivity (Wildman–Crippen MR) is 128 cm³/mol. The molecular formula is C22H31Cl2N5O5. The number of nitrogens with one attached hydrogen (secondary N) is 2. The quantitative estimate of drug-likeness (QED) is 0.491. The van der Waals surface area contributed by atoms with Gasteiger partial charge in [-0.3, -0.25) is 0 Å². The van der Waals surface area contributed by atoms with Gasteiger partial charge in [0.2, 0.25) is 0 Å². The van der Waals surface area contributed by atoms with Gasteiger partial charge in [0.05, 0.1) is 6.04 Å². The van der Waals surface area contributed by atoms with E-state index in [2.05, 4.69) is 27.6 Å². The molecule has 3 fully saturated rings. The average molecular weight is 516 g/mol. The fraction of sp³-hybridized carbons (Fsp3) is 0.682. The molecule has 0 spiro atoms. The van der Waals surface area contributed by atoms with Crippen LogP contribution in [0, 0.1) is 11.8 Å². The SMILES string of the molecule is CN1C[C@@H]2[C@H](C1)[C@H]2Nc1nc(Cl)c(Cl)c(OC[C@H]2CN(C(=O)OC(C)(C)C)CCN2)c1C(=O)O. The number of aromatic carboxylic acids is 1. The Labute approximate surface area is 208 Å². The third-order valence-corrected chi connectivity index (χ3v) is 7.01. The lowest BCUT2D eigenvalue weighted by molar-refractivity contribution is 0.0178. The number of piperazine rings is 1. The molecule has 3 aliphatic rings. The zero-order chi connectivity index (χ0) is 24.8. The summed E-state index contributed by atoms with van der Waals surface area (Å²) in [6, 6.07) is -0.102. The second kappa shape index (κ2) is 9.56. The lowest BCUT2D eigenvalue weighted by atomic mass is 10.2. The number of carbonyl (C=O) groups excluding carboxylic acids is 1. The molecule has 0 radical (unpaired) electrons. The van der Waals surface area contributed by atoms with Crippen LogP contribution in [0.5, 0.6) is 5.75 Å². The van der Waals surface area contributed by atoms with E-state index in [1.165, 1.54) is 0 Å². The van der Waals surface area contributed by atoms with E-state index in [1.807, 2.05) is 20.8 Å². The van der Waals surface area contributed by atoms with Gasteiger partial charge in [-0.15, -0.1) is 0 Å². The molecule has 0 unspecified atom stereocenters. The molecule has 34 heavy (non-hydrogen) atoms. The first kappa shape index (κ1) is 25.1. The molecule has 1 aromatic heterocycles. The maximum Gasteiger partial charge on any atom is 0.410 e. The molecule has 12 heteroatoms. The Morgan fingerprint density at radius 3 is 2.53 bits per heavy atom. The van der Waals surface area contributed by atoms with E-state index in [0.29, 0.717) is 31.5 Å². The van der Waals surface area contributed by atoms with Crippen molar-refractivity contribution in [2.45, 2.75) is 38.5 Å². The third kappa shape index (κ3) is 5.45. The van der Waals surface area contributed by atoms with E-state index >= 15 is 0 Å². The molecule has 4 rings (SSSR count). The molecule has 10 nitrogen and oxygen atoms in total. The molecule has 0 bridgehead atoms. The number of fused-ring (bicyclic) bond motifs is 1. The number of likely N-dealkylation sites (tertiary alicyclic amines) is 1. The Morgan fingerprint density at radius 1 is 1.24 bits per heavy atom. The summed E-state index contributed by atoms with van der Waals surface area (Å²) >= 11 is 12.6. The van der Waals surface area contributed by atoms with Gasteiger partial charge in [0.15, 0.2) is 10.9 Å². The highest BCUT2D eigenvalue weighted by Gasteiger charge is 2.55. The van der Waals surface area contributed by atoms with Crippen molar-refractivity contribution in [3.63, 3.8) is 0 Å². The monoisotopic (exact) mass is 515 g/mol. The van der Waals surface area contributed by atoms with Crippen molar-refractivity contribution >= 4 is 41.1 Å². The molecule has 1 aliphatic carbocycles. The predicted octanol–water partition coefficient (Wildman–Crippen LogP) is 2.65. The normalized spacial score (nSPS) is 26.7. The van der Waals surface area contributed by atoms with Crippen LogP contribution >= 0.6 is 23.2 Å². The van der Waals surface area contributed by atoms with Crippen LogP contribution in [-0.4, -0.2) is 96.0 Å². The highest BCUT2D eigenvalue weighted by molar-refractivity contribution is 6.42. The summed E-state index contributed by atoms with van der Waals surface area (Å²) in [4.78, 5) is 32.7. The number of ether oxygens (including phenoxy) is 2. The number of carboxylic acid groups (broad SMARTS) is 1. The highest BCUT2D eigenvalue weighted by atomic mass is 35.5. The summed E-state index contributed by atoms with van der Waals surface area (Å²) in [6.07, 6.45) is -0.401. The van der Waals surface area contributed by atoms with Crippen molar-refractivity contribution in [2.24, 2.45) is 11.8 Å². The van der Waals surface area contributed by atoms with Crippen molar-refractivity contribution in [1.82, 2.24) is 20.1 Å². The molecule has 2 saturated heterocycles. The molecule has 1 amide bonds. The first-order valence-electron chi connectivity index (χ1n) is 11.4. The largest absolute Gasteiger partial charge is 0.489 e. The number of halogens is 2. The minimum Gasteiger partial charge on any atom is -0.489 e. The fourth-order valence-electron chi connectivity index (χ4n) is 4.68. The van der Waals surface area contributed by atoms with Crippen LogP contribution < -0.4 is 15.4 Å². The van der Waals surface area contributed by atoms with Gasteiger partial charge in [0, 0.05) is 38.8 Å². The number of rotatable bonds is 6. The van der Waals surface area contributed by atoms with E-state index in [0.717, 1.165) is 13.1 Å². The Hall–Kier alpha value is -2.01. The van der Waals surface area contributed by atoms with Gasteiger partial charge in [-0.1, -0.05) is 23.2 Å². The zero-order valence-corrected chi connectivity index (χ0v) is 21.2. The molecule has 1 saturated carbocycles. The number of hydrogen-bond donors (Lipinski definition) is 3. The van der Waals surface area contributed by atoms with E-state index in [-0.39, 0.29) is 46.0 Å². The number of hydrogen-bond acceptors (Lipinski definition) is 8. The summed E-state index contributed by atoms with van der Waals surface area (Å²) in [5, 5.41) is 16.4. The lowest BCUT2D eigenvalue weighted by Gasteiger charge is -2.34. The molecule has 2 aliphatic heterocycles. The van der Waals surface area contributed by atoms with Crippen molar-refractivity contribution in [3.05, 3.63) is 15.7 Å². The number of carbonyl (C=O) groups is 2. The minimum absolute atomic E-state index is 0.0286. The number of aromatic nitrogens is 1. The first-order valence-corrected chi connectivity index (χ1v) is 12.1. The van der Waals surface area contributed by atoms with Crippen LogP contribution in [0.15, 0.2) is 0 Å². The molecule has 1 aromatic rings. The third-order valence-electron chi connectivity index (χ3n) is 6.28. The van der Waals surface area contributed by atoms with Crippen molar-refractivity contribution in [1.29, 1.82) is 0 Å². The summed E-state index contributed by atoms with van der Waals surface area (Å²) in [7, 11) is 2.07. The maximum atomic E-state index is 12.4. The molecule has 0 aromatic carbocycles. The van der Waals surface area contributed by atoms with Gasteiger partial charge in [0.1, 0.15) is 28.6 Å². The Bertz CT molecular complexity index is 960. The molecular weight excluding hydrogens is 485 g/mol. The standard InChI is InChI=1S/C22H31Cl2N5O5/c1-22(2,3)34-21(32)29-6-5-25-11(7-29)10-33-17-14(20(30)31)19(27-18(24)15(17)23)26-16-12-8-28(4)9-13(12)16/h11-13,16,25H,5-10H2,1-4H3,(H,26,27)(H,30,31)/t11-,12-,13+,16+/m1/s1. The fourth-order valence-corrected chi connectivity index (χ4v) is 5.04. The van der Waals surface area contributed by atoms with Crippen LogP contribution in [-0.2, 0) is 4.74 Å². The summed E-state index contributed by atoms with van der Waals surface area (Å²) in [5.41, 5.74) is -0.739. The summed E-state index contributed by atoms with van der Waals surface area (Å²) in [5.74, 6) is -0.171. The van der Waals surface area contributed by atoms with Crippen LogP contribution in [0.2, 0.25) is 10.2 Å². The number of pyridine rings is 1. The van der Waals surface area contributed by atoms with E-state index < -0.39 is 17.7 Å². The second-order valence-corrected chi connectivity index (χ2v) is 10.9. The van der Waals surface area contributed by atoms with Gasteiger partial charge >= 0.3 is 12.1 Å². The van der Waals surface area contributed by atoms with Gasteiger partial charge < -0.3 is 35.0 Å². The highest BCUT2D eigenvalue weighted by Crippen LogP contribution is 2.48. The number of piperidine rings is 1. The van der Waals surface area contributed by atoms with Crippen molar-refractivity contribution < 1.29 is 24.2 Å². The zero-order valence-electron chi connectivity index (χ0n) is 19.7. The minimum atomic E-state index is -1.21. The second-order valence-electron chi connectivity index (χ2n) is 10.2. The number of carboxylic acids is 1. The van der Waals surface area contributed by atoms with E-state index in [4.69, 9.17) is 32.7 Å². The molecule has 4 atom stereocenters. The molecule has 3 heterocycles. The van der Waals surface area contributed by atoms with Crippen LogP contribution in [0.1, 0.15) is 31.1 Å². The van der Waals surface area contributed by atoms with Gasteiger partial charge in [0.25, 0.3) is 0 Å². The van der Waals surface area contributed by atoms with Gasteiger partial charge in [-0.25, -0.2) is 14.6 Å².